The predicted molar refractivity (Wildman–Crippen MR) is 101 cm³/mol. The topological polar surface area (TPSA) is 26.3 Å². The monoisotopic (exact) mass is 346 g/mol. The molecule has 23 heavy (non-hydrogen) atoms. The molecule has 0 radical (unpaired) electrons. The molecule has 0 saturated heterocycles. The molecule has 0 aromatic rings. The SMILES string of the molecule is CC(=O)OCCCCCCCCCCCCCCCCC(C)Cl. The van der Waals surface area contributed by atoms with Crippen LogP contribution in [0.3, 0.4) is 0 Å². The van der Waals surface area contributed by atoms with E-state index in [1.54, 1.807) is 0 Å². The van der Waals surface area contributed by atoms with E-state index in [1.165, 1.54) is 96.8 Å². The maximum atomic E-state index is 10.6. The van der Waals surface area contributed by atoms with Gasteiger partial charge in [0.2, 0.25) is 0 Å². The third-order valence-corrected chi connectivity index (χ3v) is 4.52. The highest BCUT2D eigenvalue weighted by atomic mass is 35.5. The van der Waals surface area contributed by atoms with Crippen LogP contribution >= 0.6 is 11.6 Å². The Kier molecular flexibility index (Phi) is 17.9. The summed E-state index contributed by atoms with van der Waals surface area (Å²) >= 11 is 5.94. The van der Waals surface area contributed by atoms with Crippen molar-refractivity contribution in [2.75, 3.05) is 6.61 Å². The second-order valence-electron chi connectivity index (χ2n) is 6.86. The van der Waals surface area contributed by atoms with Crippen molar-refractivity contribution in [3.8, 4) is 0 Å². The van der Waals surface area contributed by atoms with Crippen molar-refractivity contribution in [3.05, 3.63) is 0 Å². The van der Waals surface area contributed by atoms with Crippen LogP contribution < -0.4 is 0 Å². The van der Waals surface area contributed by atoms with Gasteiger partial charge in [-0.3, -0.25) is 4.79 Å². The van der Waals surface area contributed by atoms with Crippen molar-refractivity contribution in [3.63, 3.8) is 0 Å². The molecule has 0 aromatic heterocycles. The van der Waals surface area contributed by atoms with Gasteiger partial charge in [-0.1, -0.05) is 83.5 Å². The van der Waals surface area contributed by atoms with Crippen molar-refractivity contribution >= 4 is 17.6 Å². The Hall–Kier alpha value is -0.240. The molecule has 0 fully saturated rings. The highest BCUT2D eigenvalue weighted by molar-refractivity contribution is 6.20. The summed E-state index contributed by atoms with van der Waals surface area (Å²) in [7, 11) is 0. The Morgan fingerprint density at radius 1 is 0.739 bits per heavy atom. The molecular weight excluding hydrogens is 308 g/mol. The van der Waals surface area contributed by atoms with Gasteiger partial charge in [-0.2, -0.15) is 0 Å². The van der Waals surface area contributed by atoms with Crippen LogP contribution in [-0.4, -0.2) is 18.0 Å². The van der Waals surface area contributed by atoms with Crippen LogP contribution in [-0.2, 0) is 9.53 Å². The van der Waals surface area contributed by atoms with Crippen LogP contribution in [0.2, 0.25) is 0 Å². The van der Waals surface area contributed by atoms with Crippen molar-refractivity contribution in [2.45, 2.75) is 116 Å². The van der Waals surface area contributed by atoms with Crippen LogP contribution in [0.15, 0.2) is 0 Å². The zero-order valence-corrected chi connectivity index (χ0v) is 16.3. The summed E-state index contributed by atoms with van der Waals surface area (Å²) in [5.74, 6) is -0.158. The Morgan fingerprint density at radius 3 is 1.43 bits per heavy atom. The number of carbonyl (C=O) groups is 1. The Bertz CT molecular complexity index is 254. The molecule has 0 bridgehead atoms. The molecule has 3 heteroatoms. The molecule has 0 aliphatic heterocycles. The fourth-order valence-electron chi connectivity index (χ4n) is 2.86. The normalized spacial score (nSPS) is 12.3. The van der Waals surface area contributed by atoms with Gasteiger partial charge in [0, 0.05) is 12.3 Å². The molecule has 0 saturated carbocycles. The second-order valence-corrected chi connectivity index (χ2v) is 7.60. The third kappa shape index (κ3) is 21.8. The summed E-state index contributed by atoms with van der Waals surface area (Å²) in [6.07, 6.45) is 19.8. The zero-order valence-electron chi connectivity index (χ0n) is 15.6. The van der Waals surface area contributed by atoms with Gasteiger partial charge in [0.05, 0.1) is 6.61 Å². The molecule has 0 aliphatic carbocycles. The Morgan fingerprint density at radius 2 is 1.09 bits per heavy atom. The molecule has 0 heterocycles. The minimum absolute atomic E-state index is 0.158. The van der Waals surface area contributed by atoms with Gasteiger partial charge in [-0.25, -0.2) is 0 Å². The van der Waals surface area contributed by atoms with Gasteiger partial charge in [0.1, 0.15) is 0 Å². The molecule has 0 rings (SSSR count). The van der Waals surface area contributed by atoms with Crippen molar-refractivity contribution in [2.24, 2.45) is 0 Å². The molecular formula is C20H39ClO2. The summed E-state index contributed by atoms with van der Waals surface area (Å²) in [5.41, 5.74) is 0. The van der Waals surface area contributed by atoms with Crippen molar-refractivity contribution in [1.29, 1.82) is 0 Å². The number of hydrogen-bond acceptors (Lipinski definition) is 2. The maximum Gasteiger partial charge on any atom is 0.302 e. The van der Waals surface area contributed by atoms with E-state index < -0.39 is 0 Å². The van der Waals surface area contributed by atoms with Crippen molar-refractivity contribution < 1.29 is 9.53 Å². The summed E-state index contributed by atoms with van der Waals surface area (Å²) in [4.78, 5) is 10.6. The van der Waals surface area contributed by atoms with Gasteiger partial charge in [0.25, 0.3) is 0 Å². The molecule has 0 aromatic carbocycles. The Balaban J connectivity index is 2.99. The van der Waals surface area contributed by atoms with Crippen LogP contribution in [0.4, 0.5) is 0 Å². The number of alkyl halides is 1. The number of hydrogen-bond donors (Lipinski definition) is 0. The van der Waals surface area contributed by atoms with E-state index in [0.717, 1.165) is 6.42 Å². The Labute approximate surface area is 149 Å². The van der Waals surface area contributed by atoms with E-state index in [4.69, 9.17) is 16.3 Å². The molecule has 2 nitrogen and oxygen atoms in total. The fraction of sp³-hybridized carbons (Fsp3) is 0.950. The maximum absolute atomic E-state index is 10.6. The van der Waals surface area contributed by atoms with Gasteiger partial charge >= 0.3 is 5.97 Å². The standard InChI is InChI=1S/C20H39ClO2/c1-19(21)17-15-13-11-9-7-5-3-4-6-8-10-12-14-16-18-23-20(2)22/h19H,3-18H2,1-2H3. The number of halogens is 1. The van der Waals surface area contributed by atoms with Gasteiger partial charge in [-0.05, 0) is 19.8 Å². The van der Waals surface area contributed by atoms with Gasteiger partial charge in [0.15, 0.2) is 0 Å². The van der Waals surface area contributed by atoms with E-state index >= 15 is 0 Å². The average Bonchev–Trinajstić information content (AvgIpc) is 2.49. The van der Waals surface area contributed by atoms with Crippen molar-refractivity contribution in [1.82, 2.24) is 0 Å². The van der Waals surface area contributed by atoms with Gasteiger partial charge < -0.3 is 4.74 Å². The fourth-order valence-corrected chi connectivity index (χ4v) is 3.02. The number of rotatable bonds is 17. The zero-order chi connectivity index (χ0) is 17.2. The first-order valence-electron chi connectivity index (χ1n) is 9.90. The number of esters is 1. The van der Waals surface area contributed by atoms with E-state index in [1.807, 2.05) is 0 Å². The first-order valence-corrected chi connectivity index (χ1v) is 10.3. The minimum atomic E-state index is -0.158. The second kappa shape index (κ2) is 18.1. The van der Waals surface area contributed by atoms with Crippen LogP contribution in [0.25, 0.3) is 0 Å². The lowest BCUT2D eigenvalue weighted by Gasteiger charge is -2.04. The number of carbonyl (C=O) groups excluding carboxylic acids is 1. The highest BCUT2D eigenvalue weighted by Crippen LogP contribution is 2.14. The number of unbranched alkanes of at least 4 members (excludes halogenated alkanes) is 13. The van der Waals surface area contributed by atoms with Crippen LogP contribution in [0.1, 0.15) is 110 Å². The smallest absolute Gasteiger partial charge is 0.302 e. The summed E-state index contributed by atoms with van der Waals surface area (Å²) < 4.78 is 4.92. The molecule has 0 N–H and O–H groups in total. The van der Waals surface area contributed by atoms with Crippen LogP contribution in [0.5, 0.6) is 0 Å². The van der Waals surface area contributed by atoms with E-state index in [9.17, 15) is 4.79 Å². The molecule has 1 unspecified atom stereocenters. The molecule has 0 amide bonds. The quantitative estimate of drug-likeness (QED) is 0.160. The van der Waals surface area contributed by atoms with E-state index in [-0.39, 0.29) is 5.97 Å². The summed E-state index contributed by atoms with van der Waals surface area (Å²) in [6.45, 7) is 4.16. The lowest BCUT2D eigenvalue weighted by Crippen LogP contribution is -2.00. The van der Waals surface area contributed by atoms with Gasteiger partial charge in [-0.15, -0.1) is 11.6 Å². The third-order valence-electron chi connectivity index (χ3n) is 4.30. The van der Waals surface area contributed by atoms with E-state index in [2.05, 4.69) is 6.92 Å². The molecule has 1 atom stereocenters. The first-order chi connectivity index (χ1) is 11.1. The molecule has 138 valence electrons. The predicted octanol–water partition coefficient (Wildman–Crippen LogP) is 7.03. The highest BCUT2D eigenvalue weighted by Gasteiger charge is 1.97. The number of ether oxygens (including phenoxy) is 1. The summed E-state index contributed by atoms with van der Waals surface area (Å²) in [6, 6.07) is 0. The van der Waals surface area contributed by atoms with E-state index in [0.29, 0.717) is 12.0 Å². The largest absolute Gasteiger partial charge is 0.466 e. The first kappa shape index (κ1) is 22.8. The van der Waals surface area contributed by atoms with Crippen LogP contribution in [0, 0.1) is 0 Å². The molecule has 0 spiro atoms. The minimum Gasteiger partial charge on any atom is -0.466 e. The lowest BCUT2D eigenvalue weighted by molar-refractivity contribution is -0.141. The summed E-state index contributed by atoms with van der Waals surface area (Å²) in [5, 5.41) is 0.351. The molecule has 0 aliphatic rings. The lowest BCUT2D eigenvalue weighted by atomic mass is 10.0. The average molecular weight is 347 g/mol.